The second kappa shape index (κ2) is 8.01. The summed E-state index contributed by atoms with van der Waals surface area (Å²) >= 11 is 6.07. The van der Waals surface area contributed by atoms with E-state index >= 15 is 0 Å². The summed E-state index contributed by atoms with van der Waals surface area (Å²) in [6.07, 6.45) is 6.48. The van der Waals surface area contributed by atoms with Crippen LogP contribution in [0.2, 0.25) is 5.02 Å². The number of nitrogens with one attached hydrogen (secondary N) is 1. The minimum Gasteiger partial charge on any atom is -0.398 e. The van der Waals surface area contributed by atoms with Crippen molar-refractivity contribution in [3.05, 3.63) is 58.9 Å². The summed E-state index contributed by atoms with van der Waals surface area (Å²) in [7, 11) is 0. The maximum absolute atomic E-state index is 6.07. The summed E-state index contributed by atoms with van der Waals surface area (Å²) < 4.78 is 0. The number of pyridine rings is 1. The minimum atomic E-state index is 0.329. The molecule has 1 aromatic heterocycles. The van der Waals surface area contributed by atoms with Crippen LogP contribution < -0.4 is 11.1 Å². The summed E-state index contributed by atoms with van der Waals surface area (Å²) in [5, 5.41) is 4.37. The quantitative estimate of drug-likeness (QED) is 0.823. The second-order valence-electron chi connectivity index (χ2n) is 5.26. The summed E-state index contributed by atoms with van der Waals surface area (Å²) in [5.41, 5.74) is 9.16. The summed E-state index contributed by atoms with van der Waals surface area (Å²) in [5.74, 6) is 0. The number of hydrogen-bond acceptors (Lipinski definition) is 3. The average molecular weight is 304 g/mol. The molecule has 0 aliphatic carbocycles. The van der Waals surface area contributed by atoms with Crippen molar-refractivity contribution in [3.63, 3.8) is 0 Å². The van der Waals surface area contributed by atoms with Crippen molar-refractivity contribution < 1.29 is 0 Å². The Morgan fingerprint density at radius 3 is 2.86 bits per heavy atom. The van der Waals surface area contributed by atoms with E-state index in [0.29, 0.717) is 6.04 Å². The summed E-state index contributed by atoms with van der Waals surface area (Å²) in [6.45, 7) is 3.16. The van der Waals surface area contributed by atoms with Crippen LogP contribution >= 0.6 is 11.6 Å². The standard InChI is InChI=1S/C17H22ClN3/c1-2-7-21-16(10-13-4-3-5-15(18)9-13)11-14-12-20-8-6-17(14)19/h3-6,8-9,12,16,21H,2,7,10-11H2,1H3,(H2,19,20). The molecule has 1 unspecified atom stereocenters. The molecule has 0 fully saturated rings. The summed E-state index contributed by atoms with van der Waals surface area (Å²) in [4.78, 5) is 4.17. The molecule has 112 valence electrons. The Labute approximate surface area is 131 Å². The van der Waals surface area contributed by atoms with E-state index < -0.39 is 0 Å². The van der Waals surface area contributed by atoms with Crippen molar-refractivity contribution >= 4 is 17.3 Å². The number of nitrogens with zero attached hydrogens (tertiary/aromatic N) is 1. The van der Waals surface area contributed by atoms with Gasteiger partial charge >= 0.3 is 0 Å². The zero-order chi connectivity index (χ0) is 15.1. The van der Waals surface area contributed by atoms with Crippen LogP contribution in [0.3, 0.4) is 0 Å². The lowest BCUT2D eigenvalue weighted by Crippen LogP contribution is -2.34. The number of rotatable bonds is 7. The Hall–Kier alpha value is -1.58. The molecule has 1 heterocycles. The van der Waals surface area contributed by atoms with Gasteiger partial charge in [0, 0.05) is 29.1 Å². The number of benzene rings is 1. The van der Waals surface area contributed by atoms with Gasteiger partial charge in [0.25, 0.3) is 0 Å². The third kappa shape index (κ3) is 5.03. The highest BCUT2D eigenvalue weighted by atomic mass is 35.5. The molecule has 0 saturated carbocycles. The maximum Gasteiger partial charge on any atom is 0.0408 e. The van der Waals surface area contributed by atoms with Crippen LogP contribution in [-0.2, 0) is 12.8 Å². The van der Waals surface area contributed by atoms with E-state index in [0.717, 1.165) is 42.1 Å². The van der Waals surface area contributed by atoms with Crippen LogP contribution in [0.1, 0.15) is 24.5 Å². The number of nitrogens with two attached hydrogens (primary N) is 1. The van der Waals surface area contributed by atoms with Crippen LogP contribution in [0, 0.1) is 0 Å². The highest BCUT2D eigenvalue weighted by Crippen LogP contribution is 2.16. The molecule has 0 amide bonds. The van der Waals surface area contributed by atoms with Crippen LogP contribution in [0.5, 0.6) is 0 Å². The van der Waals surface area contributed by atoms with Gasteiger partial charge in [0.05, 0.1) is 0 Å². The van der Waals surface area contributed by atoms with Gasteiger partial charge in [-0.1, -0.05) is 30.7 Å². The number of nitrogen functional groups attached to an aromatic ring is 1. The minimum absolute atomic E-state index is 0.329. The third-order valence-corrected chi connectivity index (χ3v) is 3.70. The fraction of sp³-hybridized carbons (Fsp3) is 0.353. The van der Waals surface area contributed by atoms with Gasteiger partial charge in [-0.3, -0.25) is 4.98 Å². The van der Waals surface area contributed by atoms with Crippen molar-refractivity contribution in [3.8, 4) is 0 Å². The molecular formula is C17H22ClN3. The first-order valence-corrected chi connectivity index (χ1v) is 7.73. The van der Waals surface area contributed by atoms with Gasteiger partial charge in [-0.05, 0) is 55.1 Å². The first-order chi connectivity index (χ1) is 10.2. The number of aromatic nitrogens is 1. The van der Waals surface area contributed by atoms with E-state index in [9.17, 15) is 0 Å². The molecule has 0 bridgehead atoms. The summed E-state index contributed by atoms with van der Waals surface area (Å²) in [6, 6.07) is 10.2. The van der Waals surface area contributed by atoms with E-state index in [1.165, 1.54) is 5.56 Å². The molecule has 3 nitrogen and oxygen atoms in total. The van der Waals surface area contributed by atoms with Crippen molar-refractivity contribution in [2.24, 2.45) is 0 Å². The van der Waals surface area contributed by atoms with E-state index in [-0.39, 0.29) is 0 Å². The van der Waals surface area contributed by atoms with E-state index in [1.807, 2.05) is 30.5 Å². The fourth-order valence-corrected chi connectivity index (χ4v) is 2.60. The molecule has 0 radical (unpaired) electrons. The normalized spacial score (nSPS) is 12.3. The van der Waals surface area contributed by atoms with Gasteiger partial charge in [0.15, 0.2) is 0 Å². The fourth-order valence-electron chi connectivity index (χ4n) is 2.39. The van der Waals surface area contributed by atoms with Crippen molar-refractivity contribution in [1.82, 2.24) is 10.3 Å². The maximum atomic E-state index is 6.07. The molecule has 1 atom stereocenters. The van der Waals surface area contributed by atoms with Gasteiger partial charge in [0.1, 0.15) is 0 Å². The largest absolute Gasteiger partial charge is 0.398 e. The Morgan fingerprint density at radius 1 is 1.29 bits per heavy atom. The zero-order valence-electron chi connectivity index (χ0n) is 12.3. The highest BCUT2D eigenvalue weighted by Gasteiger charge is 2.12. The van der Waals surface area contributed by atoms with Crippen molar-refractivity contribution in [2.45, 2.75) is 32.2 Å². The average Bonchev–Trinajstić information content (AvgIpc) is 2.47. The zero-order valence-corrected chi connectivity index (χ0v) is 13.1. The second-order valence-corrected chi connectivity index (χ2v) is 5.70. The molecule has 0 saturated heterocycles. The predicted octanol–water partition coefficient (Wildman–Crippen LogP) is 3.47. The van der Waals surface area contributed by atoms with Crippen molar-refractivity contribution in [2.75, 3.05) is 12.3 Å². The third-order valence-electron chi connectivity index (χ3n) is 3.46. The van der Waals surface area contributed by atoms with Gasteiger partial charge in [-0.25, -0.2) is 0 Å². The molecule has 0 spiro atoms. The molecule has 0 aliphatic rings. The molecule has 1 aromatic carbocycles. The molecule has 3 N–H and O–H groups in total. The molecule has 2 rings (SSSR count). The first kappa shape index (κ1) is 15.8. The van der Waals surface area contributed by atoms with Gasteiger partial charge in [-0.15, -0.1) is 0 Å². The van der Waals surface area contributed by atoms with Gasteiger partial charge in [-0.2, -0.15) is 0 Å². The lowest BCUT2D eigenvalue weighted by molar-refractivity contribution is 0.505. The highest BCUT2D eigenvalue weighted by molar-refractivity contribution is 6.30. The molecular weight excluding hydrogens is 282 g/mol. The van der Waals surface area contributed by atoms with E-state index in [2.05, 4.69) is 23.3 Å². The Kier molecular flexibility index (Phi) is 6.03. The predicted molar refractivity (Wildman–Crippen MR) is 89.6 cm³/mol. The van der Waals surface area contributed by atoms with Crippen LogP contribution in [-0.4, -0.2) is 17.6 Å². The van der Waals surface area contributed by atoms with Crippen LogP contribution in [0.25, 0.3) is 0 Å². The number of hydrogen-bond donors (Lipinski definition) is 2. The number of anilines is 1. The lowest BCUT2D eigenvalue weighted by atomic mass is 9.99. The Bertz CT molecular complexity index is 571. The Balaban J connectivity index is 2.09. The van der Waals surface area contributed by atoms with E-state index in [1.54, 1.807) is 6.20 Å². The first-order valence-electron chi connectivity index (χ1n) is 7.35. The monoisotopic (exact) mass is 303 g/mol. The number of halogens is 1. The van der Waals surface area contributed by atoms with Gasteiger partial charge in [0.2, 0.25) is 0 Å². The molecule has 0 aliphatic heterocycles. The lowest BCUT2D eigenvalue weighted by Gasteiger charge is -2.19. The molecule has 4 heteroatoms. The SMILES string of the molecule is CCCNC(Cc1cccc(Cl)c1)Cc1cnccc1N. The van der Waals surface area contributed by atoms with Crippen molar-refractivity contribution in [1.29, 1.82) is 0 Å². The Morgan fingerprint density at radius 2 is 2.14 bits per heavy atom. The molecule has 2 aromatic rings. The van der Waals surface area contributed by atoms with E-state index in [4.69, 9.17) is 17.3 Å². The smallest absolute Gasteiger partial charge is 0.0408 e. The molecule has 21 heavy (non-hydrogen) atoms. The van der Waals surface area contributed by atoms with Gasteiger partial charge < -0.3 is 11.1 Å². The van der Waals surface area contributed by atoms with Crippen LogP contribution in [0.4, 0.5) is 5.69 Å². The topological polar surface area (TPSA) is 50.9 Å². The van der Waals surface area contributed by atoms with Crippen LogP contribution in [0.15, 0.2) is 42.7 Å².